The van der Waals surface area contributed by atoms with E-state index in [-0.39, 0.29) is 36.2 Å². The van der Waals surface area contributed by atoms with Crippen LogP contribution < -0.4 is 11.5 Å². The highest BCUT2D eigenvalue weighted by Crippen LogP contribution is 2.38. The predicted octanol–water partition coefficient (Wildman–Crippen LogP) is 1.86. The van der Waals surface area contributed by atoms with Crippen LogP contribution in [-0.4, -0.2) is 34.8 Å². The van der Waals surface area contributed by atoms with E-state index in [9.17, 15) is 13.6 Å². The van der Waals surface area contributed by atoms with Crippen LogP contribution in [0.25, 0.3) is 0 Å². The zero-order valence-electron chi connectivity index (χ0n) is 11.0. The highest BCUT2D eigenvalue weighted by atomic mass is 19.3. The minimum Gasteiger partial charge on any atom is -0.344 e. The van der Waals surface area contributed by atoms with Gasteiger partial charge in [0.15, 0.2) is 5.78 Å². The van der Waals surface area contributed by atoms with Crippen LogP contribution in [-0.2, 0) is 0 Å². The molecule has 1 fully saturated rings. The van der Waals surface area contributed by atoms with Crippen molar-refractivity contribution in [1.82, 2.24) is 21.4 Å². The molecular formula is C12H18F2N4O. The van der Waals surface area contributed by atoms with E-state index in [0.29, 0.717) is 12.4 Å². The summed E-state index contributed by atoms with van der Waals surface area (Å²) < 4.78 is 27.8. The molecule has 19 heavy (non-hydrogen) atoms. The lowest BCUT2D eigenvalue weighted by atomic mass is 9.87. The molecule has 2 rings (SSSR count). The molecule has 4 N–H and O–H groups in total. The molecule has 1 aliphatic heterocycles. The van der Waals surface area contributed by atoms with Gasteiger partial charge in [-0.2, -0.15) is 0 Å². The predicted molar refractivity (Wildman–Crippen MR) is 67.0 cm³/mol. The average molecular weight is 272 g/mol. The number of alkyl halides is 2. The Balaban J connectivity index is 0.00000180. The quantitative estimate of drug-likeness (QED) is 0.802. The molecular weight excluding hydrogens is 254 g/mol. The normalized spacial score (nSPS) is 21.6. The second-order valence-electron chi connectivity index (χ2n) is 4.55. The van der Waals surface area contributed by atoms with Gasteiger partial charge in [-0.15, -0.1) is 0 Å². The zero-order valence-corrected chi connectivity index (χ0v) is 11.0. The van der Waals surface area contributed by atoms with Gasteiger partial charge in [-0.05, 0) is 26.8 Å². The van der Waals surface area contributed by atoms with Gasteiger partial charge in [0.05, 0.1) is 23.7 Å². The summed E-state index contributed by atoms with van der Waals surface area (Å²) in [6, 6.07) is 0. The first-order chi connectivity index (χ1) is 8.42. The van der Waals surface area contributed by atoms with Gasteiger partial charge in [0, 0.05) is 6.20 Å². The third-order valence-electron chi connectivity index (χ3n) is 3.13. The van der Waals surface area contributed by atoms with Crippen LogP contribution in [0.3, 0.4) is 0 Å². The molecule has 0 saturated carbocycles. The Kier molecular flexibility index (Phi) is 4.65. The molecule has 1 unspecified atom stereocenters. The van der Waals surface area contributed by atoms with Gasteiger partial charge in [0.25, 0.3) is 5.92 Å². The molecule has 0 bridgehead atoms. The molecule has 2 heterocycles. The minimum atomic E-state index is -2.89. The lowest BCUT2D eigenvalue weighted by Gasteiger charge is -2.32. The second kappa shape index (κ2) is 5.66. The standard InChI is InChI=1S/C12H15F2N3O.H3N/c1-7(18)9-5-16-8(2)17-11(9)10-3-4-15-6-12(10,13)14;/h5,10,15H,3-4,6H2,1-2H3;1H3. The highest BCUT2D eigenvalue weighted by molar-refractivity contribution is 5.95. The molecule has 0 spiro atoms. The number of Topliss-reactive ketones (excluding diaryl/α,β-unsaturated/α-hetero) is 1. The van der Waals surface area contributed by atoms with E-state index in [0.717, 1.165) is 0 Å². The second-order valence-corrected chi connectivity index (χ2v) is 4.55. The number of ketones is 1. The number of nitrogens with zero attached hydrogens (tertiary/aromatic N) is 2. The molecule has 1 aromatic heterocycles. The Morgan fingerprint density at radius 2 is 2.21 bits per heavy atom. The maximum absolute atomic E-state index is 13.9. The summed E-state index contributed by atoms with van der Waals surface area (Å²) in [4.78, 5) is 19.5. The van der Waals surface area contributed by atoms with Crippen molar-refractivity contribution in [3.63, 3.8) is 0 Å². The van der Waals surface area contributed by atoms with Crippen LogP contribution in [0, 0.1) is 6.92 Å². The molecule has 7 heteroatoms. The number of hydrogen-bond donors (Lipinski definition) is 2. The summed E-state index contributed by atoms with van der Waals surface area (Å²) in [5.41, 5.74) is 0.383. The summed E-state index contributed by atoms with van der Waals surface area (Å²) >= 11 is 0. The van der Waals surface area contributed by atoms with Crippen molar-refractivity contribution in [2.45, 2.75) is 32.1 Å². The fourth-order valence-electron chi connectivity index (χ4n) is 2.20. The van der Waals surface area contributed by atoms with E-state index >= 15 is 0 Å². The van der Waals surface area contributed by atoms with Gasteiger partial charge in [0.2, 0.25) is 0 Å². The van der Waals surface area contributed by atoms with Gasteiger partial charge >= 0.3 is 0 Å². The van der Waals surface area contributed by atoms with E-state index in [1.54, 1.807) is 6.92 Å². The van der Waals surface area contributed by atoms with Crippen molar-refractivity contribution >= 4 is 5.78 Å². The molecule has 1 aliphatic rings. The van der Waals surface area contributed by atoms with Crippen LogP contribution in [0.15, 0.2) is 6.20 Å². The molecule has 1 saturated heterocycles. The van der Waals surface area contributed by atoms with Crippen molar-refractivity contribution in [2.75, 3.05) is 13.1 Å². The maximum atomic E-state index is 13.9. The summed E-state index contributed by atoms with van der Waals surface area (Å²) in [6.45, 7) is 3.10. The van der Waals surface area contributed by atoms with Crippen LogP contribution in [0.5, 0.6) is 0 Å². The summed E-state index contributed by atoms with van der Waals surface area (Å²) in [7, 11) is 0. The van der Waals surface area contributed by atoms with Crippen LogP contribution in [0.2, 0.25) is 0 Å². The number of hydrogen-bond acceptors (Lipinski definition) is 5. The molecule has 106 valence electrons. The summed E-state index contributed by atoms with van der Waals surface area (Å²) in [5, 5.41) is 2.66. The van der Waals surface area contributed by atoms with Crippen molar-refractivity contribution in [3.05, 3.63) is 23.3 Å². The van der Waals surface area contributed by atoms with Crippen LogP contribution >= 0.6 is 0 Å². The monoisotopic (exact) mass is 272 g/mol. The van der Waals surface area contributed by atoms with Crippen molar-refractivity contribution in [1.29, 1.82) is 0 Å². The number of aryl methyl sites for hydroxylation is 1. The minimum absolute atomic E-state index is 0. The van der Waals surface area contributed by atoms with E-state index < -0.39 is 11.8 Å². The molecule has 0 amide bonds. The third kappa shape index (κ3) is 3.10. The first-order valence-corrected chi connectivity index (χ1v) is 5.85. The van der Waals surface area contributed by atoms with Crippen molar-refractivity contribution < 1.29 is 13.6 Å². The third-order valence-corrected chi connectivity index (χ3v) is 3.13. The Bertz CT molecular complexity index is 479. The fraction of sp³-hybridized carbons (Fsp3) is 0.583. The maximum Gasteiger partial charge on any atom is 0.268 e. The summed E-state index contributed by atoms with van der Waals surface area (Å²) in [6.07, 6.45) is 1.61. The number of carbonyl (C=O) groups is 1. The number of nitrogens with one attached hydrogen (secondary N) is 1. The first kappa shape index (κ1) is 15.6. The average Bonchev–Trinajstić information content (AvgIpc) is 2.27. The number of piperidine rings is 1. The molecule has 0 aromatic carbocycles. The molecule has 5 nitrogen and oxygen atoms in total. The van der Waals surface area contributed by atoms with Crippen LogP contribution in [0.1, 0.15) is 41.1 Å². The van der Waals surface area contributed by atoms with E-state index in [4.69, 9.17) is 0 Å². The number of carbonyl (C=O) groups excluding carboxylic acids is 1. The van der Waals surface area contributed by atoms with E-state index in [2.05, 4.69) is 15.3 Å². The van der Waals surface area contributed by atoms with Gasteiger partial charge in [0.1, 0.15) is 5.82 Å². The molecule has 1 aromatic rings. The van der Waals surface area contributed by atoms with Gasteiger partial charge in [-0.25, -0.2) is 18.7 Å². The zero-order chi connectivity index (χ0) is 13.3. The lowest BCUT2D eigenvalue weighted by molar-refractivity contribution is -0.0434. The Morgan fingerprint density at radius 3 is 2.79 bits per heavy atom. The number of rotatable bonds is 2. The summed E-state index contributed by atoms with van der Waals surface area (Å²) in [5.74, 6) is -3.77. The van der Waals surface area contributed by atoms with Crippen LogP contribution in [0.4, 0.5) is 8.78 Å². The largest absolute Gasteiger partial charge is 0.344 e. The van der Waals surface area contributed by atoms with Crippen molar-refractivity contribution in [2.24, 2.45) is 0 Å². The number of halogens is 2. The molecule has 0 radical (unpaired) electrons. The Morgan fingerprint density at radius 1 is 1.53 bits per heavy atom. The Hall–Kier alpha value is -1.47. The molecule has 0 aliphatic carbocycles. The molecule has 1 atom stereocenters. The van der Waals surface area contributed by atoms with Gasteiger partial charge in [-0.3, -0.25) is 4.79 Å². The SMILES string of the molecule is CC(=O)c1cnc(C)nc1C1CCNCC1(F)F.N. The number of aromatic nitrogens is 2. The highest BCUT2D eigenvalue weighted by Gasteiger charge is 2.44. The lowest BCUT2D eigenvalue weighted by Crippen LogP contribution is -2.45. The Labute approximate surface area is 110 Å². The first-order valence-electron chi connectivity index (χ1n) is 5.85. The smallest absolute Gasteiger partial charge is 0.268 e. The van der Waals surface area contributed by atoms with E-state index in [1.807, 2.05) is 0 Å². The van der Waals surface area contributed by atoms with Gasteiger partial charge < -0.3 is 11.5 Å². The van der Waals surface area contributed by atoms with Gasteiger partial charge in [-0.1, -0.05) is 0 Å². The van der Waals surface area contributed by atoms with Crippen molar-refractivity contribution in [3.8, 4) is 0 Å². The van der Waals surface area contributed by atoms with E-state index in [1.165, 1.54) is 13.1 Å². The fourth-order valence-corrected chi connectivity index (χ4v) is 2.20. The topological polar surface area (TPSA) is 89.9 Å².